The molecule has 0 radical (unpaired) electrons. The summed E-state index contributed by atoms with van der Waals surface area (Å²) < 4.78 is 43.0. The quantitative estimate of drug-likeness (QED) is 0.397. The van der Waals surface area contributed by atoms with E-state index in [0.717, 1.165) is 11.1 Å². The second kappa shape index (κ2) is 9.15. The van der Waals surface area contributed by atoms with Gasteiger partial charge >= 0.3 is 0 Å². The third-order valence-electron chi connectivity index (χ3n) is 5.33. The largest absolute Gasteiger partial charge is 0.450 e. The van der Waals surface area contributed by atoms with Gasteiger partial charge in [0, 0.05) is 11.1 Å². The van der Waals surface area contributed by atoms with Gasteiger partial charge in [0.25, 0.3) is 0 Å². The Hall–Kier alpha value is -3.90. The zero-order valence-electron chi connectivity index (χ0n) is 20.1. The van der Waals surface area contributed by atoms with Crippen LogP contribution in [0.25, 0.3) is 0 Å². The Morgan fingerprint density at radius 1 is 0.618 bits per heavy atom. The number of hydrogen-bond donors (Lipinski definition) is 0. The Balaban J connectivity index is 2.30. The van der Waals surface area contributed by atoms with E-state index >= 15 is 8.78 Å². The van der Waals surface area contributed by atoms with Crippen LogP contribution in [-0.2, 0) is 10.8 Å². The lowest BCUT2D eigenvalue weighted by atomic mass is 9.86. The number of para-hydroxylation sites is 2. The van der Waals surface area contributed by atoms with Gasteiger partial charge in [-0.2, -0.15) is 10.5 Å². The summed E-state index contributed by atoms with van der Waals surface area (Å²) in [5.41, 5.74) is -0.705. The monoisotopic (exact) mass is 460 g/mol. The van der Waals surface area contributed by atoms with Crippen LogP contribution < -0.4 is 9.47 Å². The smallest absolute Gasteiger partial charge is 0.210 e. The zero-order valence-corrected chi connectivity index (χ0v) is 20.1. The molecule has 0 fully saturated rings. The molecule has 0 saturated heterocycles. The fourth-order valence-corrected chi connectivity index (χ4v) is 3.61. The van der Waals surface area contributed by atoms with Crippen LogP contribution in [0.5, 0.6) is 23.0 Å². The van der Waals surface area contributed by atoms with Crippen LogP contribution >= 0.6 is 0 Å². The Morgan fingerprint density at radius 3 is 1.24 bits per heavy atom. The molecule has 0 aromatic heterocycles. The molecule has 4 nitrogen and oxygen atoms in total. The number of hydrogen-bond acceptors (Lipinski definition) is 4. The van der Waals surface area contributed by atoms with Crippen molar-refractivity contribution in [3.05, 3.63) is 82.4 Å². The second-order valence-corrected chi connectivity index (χ2v) is 9.96. The molecular weight excluding hydrogens is 434 g/mol. The molecule has 0 aliphatic rings. The molecule has 34 heavy (non-hydrogen) atoms. The van der Waals surface area contributed by atoms with Crippen molar-refractivity contribution >= 4 is 0 Å². The van der Waals surface area contributed by atoms with Crippen LogP contribution in [0, 0.1) is 34.3 Å². The summed E-state index contributed by atoms with van der Waals surface area (Å²) >= 11 is 0. The Labute approximate surface area is 199 Å². The van der Waals surface area contributed by atoms with Crippen LogP contribution in [-0.4, -0.2) is 0 Å². The van der Waals surface area contributed by atoms with Crippen molar-refractivity contribution in [3.8, 4) is 35.1 Å². The summed E-state index contributed by atoms with van der Waals surface area (Å²) in [4.78, 5) is 0. The molecule has 3 rings (SSSR count). The van der Waals surface area contributed by atoms with E-state index in [-0.39, 0.29) is 22.3 Å². The van der Waals surface area contributed by atoms with Crippen LogP contribution in [0.1, 0.15) is 63.8 Å². The van der Waals surface area contributed by atoms with Crippen molar-refractivity contribution in [1.82, 2.24) is 0 Å². The van der Waals surface area contributed by atoms with E-state index in [1.165, 1.54) is 0 Å². The van der Waals surface area contributed by atoms with Crippen LogP contribution in [0.3, 0.4) is 0 Å². The molecule has 0 saturated carbocycles. The lowest BCUT2D eigenvalue weighted by Crippen LogP contribution is -2.14. The van der Waals surface area contributed by atoms with Crippen molar-refractivity contribution in [1.29, 1.82) is 10.5 Å². The summed E-state index contributed by atoms with van der Waals surface area (Å²) in [6.45, 7) is 11.8. The predicted molar refractivity (Wildman–Crippen MR) is 126 cm³/mol. The van der Waals surface area contributed by atoms with Crippen LogP contribution in [0.15, 0.2) is 48.5 Å². The molecule has 0 aliphatic heterocycles. The highest BCUT2D eigenvalue weighted by Crippen LogP contribution is 2.45. The Kier molecular flexibility index (Phi) is 6.66. The third kappa shape index (κ3) is 4.72. The first-order chi connectivity index (χ1) is 15.9. The molecule has 6 heteroatoms. The molecule has 3 aromatic rings. The van der Waals surface area contributed by atoms with Gasteiger partial charge in [0.2, 0.25) is 11.5 Å². The highest BCUT2D eigenvalue weighted by Gasteiger charge is 2.31. The molecular formula is C28H26F2N2O2. The van der Waals surface area contributed by atoms with E-state index in [4.69, 9.17) is 9.47 Å². The summed E-state index contributed by atoms with van der Waals surface area (Å²) in [6.07, 6.45) is 0. The summed E-state index contributed by atoms with van der Waals surface area (Å²) in [5, 5.41) is 18.9. The second-order valence-electron chi connectivity index (χ2n) is 9.96. The molecule has 0 amide bonds. The fraction of sp³-hybridized carbons (Fsp3) is 0.286. The van der Waals surface area contributed by atoms with Crippen molar-refractivity contribution in [2.45, 2.75) is 52.4 Å². The third-order valence-corrected chi connectivity index (χ3v) is 5.33. The zero-order chi connectivity index (χ0) is 25.3. The van der Waals surface area contributed by atoms with E-state index < -0.39 is 34.3 Å². The SMILES string of the molecule is CC(C)(C)c1ccccc1Oc1c(F)c(C#N)c(C#N)c(F)c1Oc1ccccc1C(C)(C)C. The highest BCUT2D eigenvalue weighted by atomic mass is 19.1. The Morgan fingerprint density at radius 2 is 0.941 bits per heavy atom. The molecule has 0 heterocycles. The number of ether oxygens (including phenoxy) is 2. The van der Waals surface area contributed by atoms with Crippen molar-refractivity contribution in [2.24, 2.45) is 0 Å². The van der Waals surface area contributed by atoms with Gasteiger partial charge in [-0.05, 0) is 23.0 Å². The van der Waals surface area contributed by atoms with Gasteiger partial charge in [-0.1, -0.05) is 77.9 Å². The number of benzene rings is 3. The predicted octanol–water partition coefficient (Wildman–Crippen LogP) is 7.89. The molecule has 0 bridgehead atoms. The highest BCUT2D eigenvalue weighted by molar-refractivity contribution is 5.61. The average molecular weight is 461 g/mol. The molecule has 0 N–H and O–H groups in total. The summed E-state index contributed by atoms with van der Waals surface area (Å²) in [6, 6.07) is 17.1. The molecule has 0 atom stereocenters. The van der Waals surface area contributed by atoms with E-state index in [1.54, 1.807) is 36.4 Å². The maximum Gasteiger partial charge on any atom is 0.210 e. The standard InChI is InChI=1S/C28H26F2N2O2/c1-27(2,3)19-11-7-9-13-21(19)33-25-23(29)17(15-31)18(16-32)24(30)26(25)34-22-14-10-8-12-20(22)28(4,5)6/h7-14H,1-6H3. The maximum absolute atomic E-state index is 15.6. The van der Waals surface area contributed by atoms with Gasteiger partial charge in [0.1, 0.15) is 34.8 Å². The molecule has 174 valence electrons. The number of nitriles is 2. The van der Waals surface area contributed by atoms with E-state index in [0.29, 0.717) is 0 Å². The van der Waals surface area contributed by atoms with Crippen LogP contribution in [0.2, 0.25) is 0 Å². The fourth-order valence-electron chi connectivity index (χ4n) is 3.61. The Bertz CT molecular complexity index is 1220. The van der Waals surface area contributed by atoms with Crippen molar-refractivity contribution in [3.63, 3.8) is 0 Å². The minimum atomic E-state index is -1.16. The molecule has 0 aliphatic carbocycles. The normalized spacial score (nSPS) is 11.5. The number of rotatable bonds is 4. The van der Waals surface area contributed by atoms with Gasteiger partial charge in [0.15, 0.2) is 11.6 Å². The number of nitrogens with zero attached hydrogens (tertiary/aromatic N) is 2. The maximum atomic E-state index is 15.6. The average Bonchev–Trinajstić information content (AvgIpc) is 2.77. The van der Waals surface area contributed by atoms with Gasteiger partial charge in [-0.25, -0.2) is 8.78 Å². The lowest BCUT2D eigenvalue weighted by molar-refractivity contribution is 0.362. The van der Waals surface area contributed by atoms with Gasteiger partial charge in [-0.3, -0.25) is 0 Å². The molecule has 3 aromatic carbocycles. The topological polar surface area (TPSA) is 66.0 Å². The minimum Gasteiger partial charge on any atom is -0.450 e. The van der Waals surface area contributed by atoms with E-state index in [9.17, 15) is 10.5 Å². The first-order valence-electron chi connectivity index (χ1n) is 10.8. The lowest BCUT2D eigenvalue weighted by Gasteiger charge is -2.25. The first kappa shape index (κ1) is 24.7. The van der Waals surface area contributed by atoms with Crippen molar-refractivity contribution < 1.29 is 18.3 Å². The van der Waals surface area contributed by atoms with Gasteiger partial charge < -0.3 is 9.47 Å². The minimum absolute atomic E-state index is 0.288. The molecule has 0 unspecified atom stereocenters. The van der Waals surface area contributed by atoms with Gasteiger partial charge in [-0.15, -0.1) is 0 Å². The summed E-state index contributed by atoms with van der Waals surface area (Å²) in [7, 11) is 0. The van der Waals surface area contributed by atoms with Crippen LogP contribution in [0.4, 0.5) is 8.78 Å². The number of halogens is 2. The first-order valence-corrected chi connectivity index (χ1v) is 10.8. The van der Waals surface area contributed by atoms with E-state index in [2.05, 4.69) is 0 Å². The molecule has 0 spiro atoms. The van der Waals surface area contributed by atoms with Gasteiger partial charge in [0.05, 0.1) is 0 Å². The van der Waals surface area contributed by atoms with E-state index in [1.807, 2.05) is 65.8 Å². The van der Waals surface area contributed by atoms with Crippen molar-refractivity contribution in [2.75, 3.05) is 0 Å². The summed E-state index contributed by atoms with van der Waals surface area (Å²) in [5.74, 6) is -2.92.